The maximum absolute atomic E-state index is 13.1. The van der Waals surface area contributed by atoms with E-state index in [-0.39, 0.29) is 12.7 Å². The van der Waals surface area contributed by atoms with Crippen LogP contribution in [0.3, 0.4) is 0 Å². The molecule has 0 unspecified atom stereocenters. The molecule has 0 radical (unpaired) electrons. The van der Waals surface area contributed by atoms with Crippen LogP contribution in [0.5, 0.6) is 0 Å². The molecule has 0 saturated heterocycles. The Morgan fingerprint density at radius 1 is 1.25 bits per heavy atom. The van der Waals surface area contributed by atoms with Gasteiger partial charge in [0.2, 0.25) is 12.7 Å². The van der Waals surface area contributed by atoms with Crippen LogP contribution in [0.25, 0.3) is 0 Å². The molecule has 3 heterocycles. The van der Waals surface area contributed by atoms with Crippen molar-refractivity contribution in [2.75, 3.05) is 18.3 Å². The number of hydrogen-bond donors (Lipinski definition) is 2. The summed E-state index contributed by atoms with van der Waals surface area (Å²) in [5.41, 5.74) is 7.77. The first-order chi connectivity index (χ1) is 13.6. The van der Waals surface area contributed by atoms with Gasteiger partial charge in [-0.2, -0.15) is 0 Å². The highest BCUT2D eigenvalue weighted by molar-refractivity contribution is 7.17. The largest absolute Gasteiger partial charge is 0.459 e. The molecule has 3 amide bonds. The molecular formula is C19H19N3O5S. The lowest BCUT2D eigenvalue weighted by Crippen LogP contribution is -2.40. The standard InChI is InChI=1S/C19H19N3O5S/c20-17(23)16-13-6-7-25-9-14(13)28-18(16)22(15-10-26-11-27-15)19(24)21-8-12-4-2-1-3-5-12/h1-5,10H,6-9,11H2,(H2,20,23)(H,21,24). The number of benzene rings is 1. The van der Waals surface area contributed by atoms with Gasteiger partial charge in [-0.25, -0.2) is 9.69 Å². The lowest BCUT2D eigenvalue weighted by molar-refractivity contribution is 0.0793. The second kappa shape index (κ2) is 7.91. The predicted molar refractivity (Wildman–Crippen MR) is 102 cm³/mol. The molecule has 0 atom stereocenters. The molecule has 0 bridgehead atoms. The zero-order chi connectivity index (χ0) is 19.5. The topological polar surface area (TPSA) is 103 Å². The van der Waals surface area contributed by atoms with Gasteiger partial charge in [0.15, 0.2) is 0 Å². The number of anilines is 1. The van der Waals surface area contributed by atoms with Crippen molar-refractivity contribution < 1.29 is 23.8 Å². The molecule has 9 heteroatoms. The number of nitrogens with one attached hydrogen (secondary N) is 1. The molecule has 3 N–H and O–H groups in total. The summed E-state index contributed by atoms with van der Waals surface area (Å²) in [6.07, 6.45) is 1.92. The van der Waals surface area contributed by atoms with Crippen molar-refractivity contribution in [1.82, 2.24) is 5.32 Å². The van der Waals surface area contributed by atoms with Crippen molar-refractivity contribution in [1.29, 1.82) is 0 Å². The van der Waals surface area contributed by atoms with Crippen molar-refractivity contribution in [3.63, 3.8) is 0 Å². The minimum atomic E-state index is -0.588. The number of amides is 3. The number of thiophene rings is 1. The fourth-order valence-electron chi connectivity index (χ4n) is 3.13. The Bertz CT molecular complexity index is 925. The maximum Gasteiger partial charge on any atom is 0.329 e. The van der Waals surface area contributed by atoms with E-state index in [1.807, 2.05) is 30.3 Å². The lowest BCUT2D eigenvalue weighted by Gasteiger charge is -2.22. The van der Waals surface area contributed by atoms with Gasteiger partial charge < -0.3 is 25.3 Å². The number of hydrogen-bond acceptors (Lipinski definition) is 6. The zero-order valence-electron chi connectivity index (χ0n) is 15.0. The SMILES string of the molecule is NC(=O)c1c(N(C(=O)NCc2ccccc2)C2=COCO2)sc2c1CCOC2. The van der Waals surface area contributed by atoms with E-state index < -0.39 is 11.9 Å². The minimum absolute atomic E-state index is 0.00208. The van der Waals surface area contributed by atoms with Crippen LogP contribution in [-0.2, 0) is 33.8 Å². The number of carbonyl (C=O) groups is 2. The third-order valence-electron chi connectivity index (χ3n) is 4.42. The minimum Gasteiger partial charge on any atom is -0.459 e. The highest BCUT2D eigenvalue weighted by Crippen LogP contribution is 2.40. The molecule has 2 aliphatic rings. The van der Waals surface area contributed by atoms with Crippen molar-refractivity contribution in [2.45, 2.75) is 19.6 Å². The van der Waals surface area contributed by atoms with Gasteiger partial charge in [0.05, 0.1) is 18.8 Å². The Kier molecular flexibility index (Phi) is 5.18. The van der Waals surface area contributed by atoms with E-state index in [1.165, 1.54) is 22.5 Å². The Morgan fingerprint density at radius 2 is 2.07 bits per heavy atom. The number of nitrogens with two attached hydrogens (primary N) is 1. The number of carbonyl (C=O) groups excluding carboxylic acids is 2. The van der Waals surface area contributed by atoms with Crippen LogP contribution in [0.15, 0.2) is 42.5 Å². The fourth-order valence-corrected chi connectivity index (χ4v) is 4.42. The molecule has 0 fully saturated rings. The van der Waals surface area contributed by atoms with Crippen molar-refractivity contribution in [3.05, 3.63) is 64.0 Å². The van der Waals surface area contributed by atoms with Gasteiger partial charge in [-0.1, -0.05) is 30.3 Å². The number of primary amides is 1. The number of nitrogens with zero attached hydrogens (tertiary/aromatic N) is 1. The third kappa shape index (κ3) is 3.54. The van der Waals surface area contributed by atoms with E-state index in [0.29, 0.717) is 36.7 Å². The molecular weight excluding hydrogens is 382 g/mol. The highest BCUT2D eigenvalue weighted by Gasteiger charge is 2.34. The molecule has 4 rings (SSSR count). The van der Waals surface area contributed by atoms with Gasteiger partial charge in [0.1, 0.15) is 11.3 Å². The number of rotatable bonds is 5. The summed E-state index contributed by atoms with van der Waals surface area (Å²) in [4.78, 5) is 27.5. The van der Waals surface area contributed by atoms with Crippen LogP contribution in [0, 0.1) is 0 Å². The molecule has 2 aromatic rings. The second-order valence-electron chi connectivity index (χ2n) is 6.22. The molecule has 1 aromatic carbocycles. The van der Waals surface area contributed by atoms with E-state index in [9.17, 15) is 9.59 Å². The first-order valence-corrected chi connectivity index (χ1v) is 9.55. The fraction of sp³-hybridized carbons (Fsp3) is 0.263. The van der Waals surface area contributed by atoms with Gasteiger partial charge in [-0.3, -0.25) is 4.79 Å². The first kappa shape index (κ1) is 18.3. The molecule has 2 aliphatic heterocycles. The highest BCUT2D eigenvalue weighted by atomic mass is 32.1. The van der Waals surface area contributed by atoms with Gasteiger partial charge in [-0.15, -0.1) is 11.3 Å². The smallest absolute Gasteiger partial charge is 0.329 e. The van der Waals surface area contributed by atoms with Crippen LogP contribution >= 0.6 is 11.3 Å². The van der Waals surface area contributed by atoms with Gasteiger partial charge >= 0.3 is 6.03 Å². The summed E-state index contributed by atoms with van der Waals surface area (Å²) in [7, 11) is 0. The van der Waals surface area contributed by atoms with Gasteiger partial charge in [0.25, 0.3) is 5.91 Å². The average Bonchev–Trinajstić information content (AvgIpc) is 3.35. The predicted octanol–water partition coefficient (Wildman–Crippen LogP) is 2.44. The Labute approximate surface area is 165 Å². The quantitative estimate of drug-likeness (QED) is 0.801. The van der Waals surface area contributed by atoms with E-state index in [1.54, 1.807) is 0 Å². The molecule has 146 valence electrons. The number of fused-ring (bicyclic) bond motifs is 1. The van der Waals surface area contributed by atoms with Crippen LogP contribution in [0.4, 0.5) is 9.80 Å². The Morgan fingerprint density at radius 3 is 2.79 bits per heavy atom. The van der Waals surface area contributed by atoms with Crippen LogP contribution in [0.1, 0.15) is 26.4 Å². The Balaban J connectivity index is 1.68. The molecule has 0 aliphatic carbocycles. The normalized spacial score (nSPS) is 15.1. The van der Waals surface area contributed by atoms with Gasteiger partial charge in [-0.05, 0) is 17.5 Å². The summed E-state index contributed by atoms with van der Waals surface area (Å²) >= 11 is 1.30. The summed E-state index contributed by atoms with van der Waals surface area (Å²) < 4.78 is 16.1. The van der Waals surface area contributed by atoms with E-state index in [2.05, 4.69) is 5.32 Å². The van der Waals surface area contributed by atoms with Crippen LogP contribution in [0.2, 0.25) is 0 Å². The third-order valence-corrected chi connectivity index (χ3v) is 5.61. The molecule has 1 aromatic heterocycles. The lowest BCUT2D eigenvalue weighted by atomic mass is 10.1. The molecule has 8 nitrogen and oxygen atoms in total. The van der Waals surface area contributed by atoms with E-state index >= 15 is 0 Å². The van der Waals surface area contributed by atoms with Crippen molar-refractivity contribution in [2.24, 2.45) is 5.73 Å². The van der Waals surface area contributed by atoms with Crippen molar-refractivity contribution >= 4 is 28.3 Å². The van der Waals surface area contributed by atoms with Crippen molar-refractivity contribution in [3.8, 4) is 0 Å². The van der Waals surface area contributed by atoms with E-state index in [0.717, 1.165) is 16.0 Å². The van der Waals surface area contributed by atoms with E-state index in [4.69, 9.17) is 19.9 Å². The number of urea groups is 1. The summed E-state index contributed by atoms with van der Waals surface area (Å²) in [5.74, 6) is -0.387. The monoisotopic (exact) mass is 401 g/mol. The molecule has 0 saturated carbocycles. The van der Waals surface area contributed by atoms with Crippen LogP contribution < -0.4 is 16.0 Å². The molecule has 0 spiro atoms. The zero-order valence-corrected chi connectivity index (χ0v) is 15.8. The summed E-state index contributed by atoms with van der Waals surface area (Å²) in [5, 5.41) is 3.26. The van der Waals surface area contributed by atoms with Crippen LogP contribution in [-0.4, -0.2) is 25.3 Å². The van der Waals surface area contributed by atoms with Gasteiger partial charge in [0, 0.05) is 11.4 Å². The summed E-state index contributed by atoms with van der Waals surface area (Å²) in [6, 6.07) is 9.08. The molecule has 28 heavy (non-hydrogen) atoms. The maximum atomic E-state index is 13.1. The first-order valence-electron chi connectivity index (χ1n) is 8.73. The Hall–Kier alpha value is -3.04. The number of ether oxygens (including phenoxy) is 3. The average molecular weight is 401 g/mol. The summed E-state index contributed by atoms with van der Waals surface area (Å²) in [6.45, 7) is 1.21. The second-order valence-corrected chi connectivity index (χ2v) is 7.30.